The number of hydrogen-bond acceptors (Lipinski definition) is 18. The van der Waals surface area contributed by atoms with E-state index in [1.54, 1.807) is 13.1 Å². The first-order valence-electron chi connectivity index (χ1n) is 17.2. The van der Waals surface area contributed by atoms with Gasteiger partial charge in [-0.2, -0.15) is 14.8 Å². The number of H-pyrrole nitrogens is 1. The fraction of sp³-hybridized carbons (Fsp3) is 0.486. The number of aromatic amines is 1. The van der Waals surface area contributed by atoms with E-state index in [9.17, 15) is 10.2 Å². The second-order valence-corrected chi connectivity index (χ2v) is 25.3. The van der Waals surface area contributed by atoms with E-state index >= 15 is 0 Å². The second kappa shape index (κ2) is 25.4. The Morgan fingerprint density at radius 1 is 0.750 bits per heavy atom. The van der Waals surface area contributed by atoms with Gasteiger partial charge >= 0.3 is 49.4 Å². The largest absolute Gasteiger partial charge is 0.177 e. The fourth-order valence-corrected chi connectivity index (χ4v) is 5.67. The number of fused-ring (bicyclic) bond motifs is 2. The number of rotatable bonds is 6. The van der Waals surface area contributed by atoms with Crippen LogP contribution in [-0.2, 0) is 57.2 Å². The molecular formula is C35H50BrI2N15O6V. The summed E-state index contributed by atoms with van der Waals surface area (Å²) in [6.45, 7) is 14.8. The number of halogens is 3. The Balaban J connectivity index is 0.000000281. The van der Waals surface area contributed by atoms with Gasteiger partial charge in [-0.3, -0.25) is 15.0 Å². The molecule has 2 aliphatic rings. The molecule has 327 valence electrons. The summed E-state index contributed by atoms with van der Waals surface area (Å²) >= 11 is 8.18. The molecule has 3 N–H and O–H groups in total. The number of aromatic hydroxyl groups is 1. The Bertz CT molecular complexity index is 2140. The summed E-state index contributed by atoms with van der Waals surface area (Å²) in [5.74, 6) is 0.519. The summed E-state index contributed by atoms with van der Waals surface area (Å²) < 4.78 is 23.0. The average Bonchev–Trinajstić information content (AvgIpc) is 4.03. The molecule has 0 aromatic carbocycles. The molecule has 0 bridgehead atoms. The van der Waals surface area contributed by atoms with Crippen LogP contribution in [0.3, 0.4) is 0 Å². The minimum Gasteiger partial charge on any atom is -0.177 e. The standard InChI is InChI=1S/C12H15N5O2.C11H14BrNO2.C9H11N5O2.CH2N4.2CH4.2HI.V/c1-8-11-10(6-18-12(2,3)19-11)9(4-13-8)5-17-15-7-14-16-17;1-7-10-9(8(4-12)5-13-7)6-14-11(2,3)15-10;1-6-9(16)8(4-15)7(2-10-6)3-14-12-5-11-13-14;1-2-4-5-3-1;;;;;/h4,7H,5-6H2,1-3H3;5H,4,6H2,1-3H3;2,5,15-16H,3-4H2,1H3;1H,(H,2,3,4,5);2*1H4;2*1H;/q;;;;;;;;+2/p-2. The first-order valence-corrected chi connectivity index (χ1v) is 27.3. The molecule has 8 heterocycles. The molecule has 21 nitrogen and oxygen atoms in total. The number of aliphatic hydroxyl groups is 1. The average molecular weight is 1160 g/mol. The molecule has 25 heteroatoms. The van der Waals surface area contributed by atoms with Crippen molar-refractivity contribution in [3.8, 4) is 17.2 Å². The number of aryl methyl sites for hydroxylation is 3. The maximum Gasteiger partial charge on any atom is 0.161 e. The van der Waals surface area contributed by atoms with Gasteiger partial charge in [0.1, 0.15) is 17.2 Å². The van der Waals surface area contributed by atoms with Crippen LogP contribution in [0.1, 0.15) is 93.0 Å². The van der Waals surface area contributed by atoms with Crippen LogP contribution >= 0.6 is 55.9 Å². The maximum atomic E-state index is 9.72. The number of nitrogens with zero attached hydrogens (tertiary/aromatic N) is 14. The molecule has 60 heavy (non-hydrogen) atoms. The van der Waals surface area contributed by atoms with Gasteiger partial charge in [0.25, 0.3) is 0 Å². The van der Waals surface area contributed by atoms with Crippen molar-refractivity contribution >= 4 is 55.9 Å². The Morgan fingerprint density at radius 3 is 1.63 bits per heavy atom. The zero-order valence-electron chi connectivity index (χ0n) is 32.6. The smallest absolute Gasteiger partial charge is 0.161 e. The molecule has 0 saturated carbocycles. The van der Waals surface area contributed by atoms with Crippen LogP contribution in [-0.4, -0.2) is 97.8 Å². The molecule has 0 aliphatic carbocycles. The minimum absolute atomic E-state index is 0. The van der Waals surface area contributed by atoms with Crippen molar-refractivity contribution in [1.82, 2.24) is 76.0 Å². The third kappa shape index (κ3) is 15.4. The molecule has 0 saturated heterocycles. The first kappa shape index (κ1) is 52.6. The predicted molar refractivity (Wildman–Crippen MR) is 236 cm³/mol. The Kier molecular flexibility index (Phi) is 22.3. The minimum atomic E-state index is -0.621. The van der Waals surface area contributed by atoms with E-state index in [0.717, 1.165) is 50.5 Å². The summed E-state index contributed by atoms with van der Waals surface area (Å²) in [6.07, 6.45) is 9.32. The molecular weight excluding hydrogens is 1110 g/mol. The van der Waals surface area contributed by atoms with E-state index in [0.29, 0.717) is 52.6 Å². The molecule has 8 rings (SSSR count). The quantitative estimate of drug-likeness (QED) is 0.130. The molecule has 2 aliphatic heterocycles. The Morgan fingerprint density at radius 2 is 1.22 bits per heavy atom. The van der Waals surface area contributed by atoms with Crippen molar-refractivity contribution in [2.45, 2.75) is 113 Å². The van der Waals surface area contributed by atoms with Crippen molar-refractivity contribution in [3.05, 3.63) is 88.0 Å². The zero-order chi connectivity index (χ0) is 42.3. The van der Waals surface area contributed by atoms with Gasteiger partial charge in [-0.1, -0.05) is 36.0 Å². The number of alkyl halides is 1. The Hall–Kier alpha value is -3.54. The normalized spacial score (nSPS) is 13.6. The van der Waals surface area contributed by atoms with E-state index in [-0.39, 0.29) is 27.2 Å². The van der Waals surface area contributed by atoms with Crippen LogP contribution in [0.15, 0.2) is 37.6 Å². The fourth-order valence-electron chi connectivity index (χ4n) is 5.18. The maximum absolute atomic E-state index is 9.72. The number of ether oxygens (including phenoxy) is 4. The number of tetrazole rings is 3. The van der Waals surface area contributed by atoms with Crippen LogP contribution < -0.4 is 9.47 Å². The zero-order valence-corrected chi connectivity index (χ0v) is 39.9. The van der Waals surface area contributed by atoms with Crippen molar-refractivity contribution in [1.29, 1.82) is 0 Å². The summed E-state index contributed by atoms with van der Waals surface area (Å²) in [5.41, 5.74) is 7.61. The van der Waals surface area contributed by atoms with Crippen molar-refractivity contribution in [2.75, 3.05) is 0 Å². The summed E-state index contributed by atoms with van der Waals surface area (Å²) in [5, 5.41) is 54.5. The molecule has 0 atom stereocenters. The van der Waals surface area contributed by atoms with Gasteiger partial charge < -0.3 is 29.2 Å². The number of aliphatic hydroxyl groups excluding tert-OH is 1. The SMILES string of the molecule is C.C.Cc1ncc(CBr)c2c1OC(C)(C)OC2.Cc1ncc(Cn2ncnn2)c(CO)c1O.Cc1ncc(Cn2ncnn2)c2c1OC(C)(C)OC2.[I][V][I].c1nn[nH]n1. The van der Waals surface area contributed by atoms with Crippen molar-refractivity contribution < 1.29 is 38.6 Å². The molecule has 6 aromatic rings. The van der Waals surface area contributed by atoms with Crippen LogP contribution in [0.4, 0.5) is 0 Å². The van der Waals surface area contributed by atoms with Crippen LogP contribution in [0.5, 0.6) is 17.2 Å². The molecule has 0 radical (unpaired) electrons. The predicted octanol–water partition coefficient (Wildman–Crippen LogP) is 5.86. The van der Waals surface area contributed by atoms with Gasteiger partial charge in [-0.05, 0) is 36.8 Å². The van der Waals surface area contributed by atoms with Crippen LogP contribution in [0.25, 0.3) is 0 Å². The van der Waals surface area contributed by atoms with E-state index in [1.165, 1.54) is 28.6 Å². The molecule has 0 fully saturated rings. The first-order chi connectivity index (χ1) is 27.7. The van der Waals surface area contributed by atoms with E-state index in [1.807, 2.05) is 53.9 Å². The molecule has 0 unspecified atom stereocenters. The van der Waals surface area contributed by atoms with Crippen molar-refractivity contribution in [2.24, 2.45) is 0 Å². The molecule has 0 spiro atoms. The van der Waals surface area contributed by atoms with Gasteiger partial charge in [0.15, 0.2) is 19.0 Å². The number of hydrogen-bond donors (Lipinski definition) is 3. The summed E-state index contributed by atoms with van der Waals surface area (Å²) in [7, 11) is 0.628. The van der Waals surface area contributed by atoms with Gasteiger partial charge in [-0.15, -0.1) is 30.6 Å². The molecule has 6 aromatic heterocycles. The number of pyridine rings is 3. The third-order valence-electron chi connectivity index (χ3n) is 8.04. The second-order valence-electron chi connectivity index (χ2n) is 13.0. The van der Waals surface area contributed by atoms with Crippen LogP contribution in [0.2, 0.25) is 0 Å². The summed E-state index contributed by atoms with van der Waals surface area (Å²) in [4.78, 5) is 15.6. The third-order valence-corrected chi connectivity index (χ3v) is 8.65. The van der Waals surface area contributed by atoms with E-state index in [4.69, 9.17) is 18.9 Å². The number of aromatic nitrogens is 15. The number of nitrogens with one attached hydrogen (secondary N) is 1. The van der Waals surface area contributed by atoms with E-state index < -0.39 is 11.6 Å². The van der Waals surface area contributed by atoms with Crippen LogP contribution in [0, 0.1) is 20.8 Å². The van der Waals surface area contributed by atoms with Gasteiger partial charge in [0.05, 0.1) is 50.0 Å². The van der Waals surface area contributed by atoms with Gasteiger partial charge in [0, 0.05) is 79.4 Å². The van der Waals surface area contributed by atoms with E-state index in [2.05, 4.69) is 122 Å². The monoisotopic (exact) mass is 1160 g/mol. The van der Waals surface area contributed by atoms with Gasteiger partial charge in [0.2, 0.25) is 11.6 Å². The Labute approximate surface area is 385 Å². The topological polar surface area (TPSA) is 258 Å². The van der Waals surface area contributed by atoms with Gasteiger partial charge in [-0.25, -0.2) is 0 Å². The summed E-state index contributed by atoms with van der Waals surface area (Å²) in [6, 6.07) is 0. The molecule has 0 amide bonds. The van der Waals surface area contributed by atoms with Crippen molar-refractivity contribution in [3.63, 3.8) is 0 Å².